The predicted molar refractivity (Wildman–Crippen MR) is 328 cm³/mol. The lowest BCUT2D eigenvalue weighted by molar-refractivity contribution is -0.0911. The highest BCUT2D eigenvalue weighted by Gasteiger charge is 2.50. The molecule has 0 spiro atoms. The number of anilines is 1. The van der Waals surface area contributed by atoms with Gasteiger partial charge < -0.3 is 37.7 Å². The Morgan fingerprint density at radius 3 is 1.85 bits per heavy atom. The summed E-state index contributed by atoms with van der Waals surface area (Å²) in [4.78, 5) is 28.8. The van der Waals surface area contributed by atoms with Crippen LogP contribution in [0.2, 0.25) is 5.04 Å². The number of carbonyl (C=O) groups is 1. The minimum atomic E-state index is -2.95. The Hall–Kier alpha value is -6.50. The van der Waals surface area contributed by atoms with Crippen LogP contribution in [-0.2, 0) is 46.0 Å². The molecule has 2 unspecified atom stereocenters. The maximum absolute atomic E-state index is 14.6. The van der Waals surface area contributed by atoms with E-state index in [1.165, 1.54) is 6.33 Å². The number of ether oxygens (including phenoxy) is 4. The van der Waals surface area contributed by atoms with Crippen LogP contribution >= 0.6 is 8.53 Å². The number of benzene rings is 6. The summed E-state index contributed by atoms with van der Waals surface area (Å²) in [7, 11) is -2.45. The van der Waals surface area contributed by atoms with Gasteiger partial charge in [0.05, 0.1) is 46.5 Å². The number of imidazole rings is 1. The second kappa shape index (κ2) is 26.8. The van der Waals surface area contributed by atoms with Crippen LogP contribution in [0.5, 0.6) is 11.5 Å². The highest BCUT2D eigenvalue weighted by atomic mass is 32.2. The Bertz CT molecular complexity index is 3280. The van der Waals surface area contributed by atoms with Gasteiger partial charge in [0.2, 0.25) is 0 Å². The fraction of sp³-hybridized carbons (Fsp3) is 0.344. The molecule has 1 fully saturated rings. The average Bonchev–Trinajstić information content (AvgIpc) is 3.07. The van der Waals surface area contributed by atoms with E-state index < -0.39 is 51.7 Å². The van der Waals surface area contributed by atoms with Gasteiger partial charge in [0, 0.05) is 46.9 Å². The molecule has 8 aromatic rings. The number of nitrogens with one attached hydrogen (secondary N) is 1. The van der Waals surface area contributed by atoms with Gasteiger partial charge in [-0.2, -0.15) is 0 Å². The molecule has 1 aliphatic rings. The van der Waals surface area contributed by atoms with Crippen molar-refractivity contribution in [2.45, 2.75) is 103 Å². The summed E-state index contributed by atoms with van der Waals surface area (Å²) in [6.45, 7) is 15.7. The summed E-state index contributed by atoms with van der Waals surface area (Å²) < 4.78 is 63.5. The van der Waals surface area contributed by atoms with Crippen molar-refractivity contribution in [1.82, 2.24) is 24.2 Å². The third kappa shape index (κ3) is 13.0. The number of carbonyl (C=O) groups excluding carboxylic acids is 1. The Labute approximate surface area is 487 Å². The zero-order valence-electron chi connectivity index (χ0n) is 48.4. The van der Waals surface area contributed by atoms with E-state index in [0.29, 0.717) is 40.4 Å². The van der Waals surface area contributed by atoms with E-state index in [4.69, 9.17) is 42.4 Å². The van der Waals surface area contributed by atoms with E-state index in [2.05, 4.69) is 124 Å². The summed E-state index contributed by atoms with van der Waals surface area (Å²) in [5.41, 5.74) is 3.47. The second-order valence-corrected chi connectivity index (χ2v) is 29.1. The van der Waals surface area contributed by atoms with Crippen LogP contribution in [0.1, 0.15) is 93.7 Å². The smallest absolute Gasteiger partial charge is 0.261 e. The van der Waals surface area contributed by atoms with Gasteiger partial charge in [0.25, 0.3) is 22.8 Å². The van der Waals surface area contributed by atoms with Crippen molar-refractivity contribution < 1.29 is 41.4 Å². The molecular formula is C64H75N6O9PSSi. The van der Waals surface area contributed by atoms with Crippen molar-refractivity contribution in [3.8, 4) is 11.5 Å². The molecular weight excluding hydrogens is 1090 g/mol. The van der Waals surface area contributed by atoms with Crippen molar-refractivity contribution in [1.29, 1.82) is 0 Å². The van der Waals surface area contributed by atoms with Crippen molar-refractivity contribution in [3.05, 3.63) is 204 Å². The molecule has 0 saturated carbocycles. The highest BCUT2D eigenvalue weighted by molar-refractivity contribution is 7.84. The lowest BCUT2D eigenvalue weighted by atomic mass is 9.80. The fourth-order valence-corrected chi connectivity index (χ4v) is 17.8. The summed E-state index contributed by atoms with van der Waals surface area (Å²) >= 11 is 0. The molecule has 1 saturated heterocycles. The van der Waals surface area contributed by atoms with Crippen molar-refractivity contribution in [3.63, 3.8) is 0 Å². The van der Waals surface area contributed by atoms with Crippen molar-refractivity contribution >= 4 is 60.9 Å². The Morgan fingerprint density at radius 1 is 0.756 bits per heavy atom. The maximum Gasteiger partial charge on any atom is 0.261 e. The summed E-state index contributed by atoms with van der Waals surface area (Å²) in [5, 5.41) is 5.11. The summed E-state index contributed by atoms with van der Waals surface area (Å²) in [5.74, 6) is 1.64. The number of fused-ring (bicyclic) bond motifs is 1. The first-order valence-corrected chi connectivity index (χ1v) is 32.5. The fourth-order valence-electron chi connectivity index (χ4n) is 11.0. The van der Waals surface area contributed by atoms with Gasteiger partial charge in [0.15, 0.2) is 17.0 Å². The van der Waals surface area contributed by atoms with Crippen LogP contribution in [0.3, 0.4) is 0 Å². The largest absolute Gasteiger partial charge is 0.497 e. The van der Waals surface area contributed by atoms with E-state index >= 15 is 0 Å². The number of nitrogens with zero attached hydrogens (tertiary/aromatic N) is 5. The van der Waals surface area contributed by atoms with Gasteiger partial charge in [-0.25, -0.2) is 19.6 Å². The number of rotatable bonds is 25. The third-order valence-electron chi connectivity index (χ3n) is 14.9. The monoisotopic (exact) mass is 1160 g/mol. The molecule has 0 bridgehead atoms. The van der Waals surface area contributed by atoms with E-state index in [0.717, 1.165) is 32.6 Å². The molecule has 1 amide bonds. The van der Waals surface area contributed by atoms with Crippen LogP contribution in [0.25, 0.3) is 11.2 Å². The van der Waals surface area contributed by atoms with Crippen LogP contribution in [-0.4, -0.2) is 106 Å². The Morgan fingerprint density at radius 2 is 1.30 bits per heavy atom. The van der Waals surface area contributed by atoms with Crippen molar-refractivity contribution in [2.75, 3.05) is 44.8 Å². The number of aromatic nitrogens is 4. The van der Waals surface area contributed by atoms with E-state index in [1.54, 1.807) is 32.9 Å². The minimum absolute atomic E-state index is 0.0480. The van der Waals surface area contributed by atoms with Crippen molar-refractivity contribution in [2.24, 2.45) is 0 Å². The van der Waals surface area contributed by atoms with E-state index in [-0.39, 0.29) is 48.7 Å². The normalized spacial score (nSPS) is 16.7. The quantitative estimate of drug-likeness (QED) is 0.0328. The Balaban J connectivity index is 1.05. The first-order chi connectivity index (χ1) is 39.6. The number of hydrogen-bond acceptors (Lipinski definition) is 13. The molecule has 3 heterocycles. The van der Waals surface area contributed by atoms with Crippen LogP contribution in [0.4, 0.5) is 5.82 Å². The highest BCUT2D eigenvalue weighted by Crippen LogP contribution is 2.51. The second-order valence-electron chi connectivity index (χ2n) is 21.8. The molecule has 0 aliphatic carbocycles. The van der Waals surface area contributed by atoms with Gasteiger partial charge >= 0.3 is 0 Å². The van der Waals surface area contributed by atoms with Gasteiger partial charge in [0.1, 0.15) is 35.8 Å². The lowest BCUT2D eigenvalue weighted by Crippen LogP contribution is -2.66. The molecule has 2 aromatic heterocycles. The molecule has 430 valence electrons. The molecule has 15 nitrogen and oxygen atoms in total. The third-order valence-corrected chi connectivity index (χ3v) is 22.8. The molecule has 5 atom stereocenters. The van der Waals surface area contributed by atoms with Crippen LogP contribution < -0.4 is 25.2 Å². The average molecular weight is 1160 g/mol. The lowest BCUT2D eigenvalue weighted by Gasteiger charge is -2.43. The molecule has 6 aromatic carbocycles. The van der Waals surface area contributed by atoms with Gasteiger partial charge in [-0.05, 0) is 95.7 Å². The minimum Gasteiger partial charge on any atom is -0.497 e. The van der Waals surface area contributed by atoms with E-state index in [1.807, 2.05) is 102 Å². The molecule has 1 aliphatic heterocycles. The maximum atomic E-state index is 14.6. The molecule has 82 heavy (non-hydrogen) atoms. The van der Waals surface area contributed by atoms with Gasteiger partial charge in [-0.3, -0.25) is 13.6 Å². The molecule has 9 rings (SSSR count). The summed E-state index contributed by atoms with van der Waals surface area (Å²) in [6.07, 6.45) is 3.16. The zero-order valence-corrected chi connectivity index (χ0v) is 51.1. The van der Waals surface area contributed by atoms with Crippen LogP contribution in [0, 0.1) is 0 Å². The van der Waals surface area contributed by atoms with Gasteiger partial charge in [-0.1, -0.05) is 154 Å². The zero-order chi connectivity index (χ0) is 58.0. The number of hydrogen-bond donors (Lipinski definition) is 1. The predicted octanol–water partition coefficient (Wildman–Crippen LogP) is 11.6. The molecule has 18 heteroatoms. The summed E-state index contributed by atoms with van der Waals surface area (Å²) in [6, 6.07) is 54.5. The topological polar surface area (TPSA) is 158 Å². The number of methoxy groups -OCH3 is 2. The first kappa shape index (κ1) is 60.1. The van der Waals surface area contributed by atoms with Gasteiger partial charge in [-0.15, -0.1) is 0 Å². The number of amides is 1. The van der Waals surface area contributed by atoms with E-state index in [9.17, 15) is 9.00 Å². The molecule has 0 radical (unpaired) electrons. The first-order valence-electron chi connectivity index (χ1n) is 27.7. The van der Waals surface area contributed by atoms with Crippen LogP contribution in [0.15, 0.2) is 176 Å². The Kier molecular flexibility index (Phi) is 19.7. The SMILES string of the molecule is COc1ccc(C(OC[C@H]2O[C@@H](n3cnc4c(NC(=O)c5ccccc5CO[Si](c5ccccc5)(c5ccccc5)C(C)(C)C)ncnc43)C[C@@H]2OP(OCCS(C)=O)N(C(C)C)C(C)C)(c2ccccc2)c2ccc(OC)cc2)cc1. The standard InChI is InChI=1S/C64H75N6O9PSSi/c1-45(2)70(46(3)4)80(76-38-39-81(10)72)79-56-40-58(78-57(56)42-75-64(48-23-14-11-15-24-48,49-30-34-51(73-8)35-31-49)50-32-36-52(74-9)37-33-50)69-44-67-59-60(65-43-66-61(59)69)68-62(71)55-29-21-20-22-47(55)41-77-82(63(5,6)7,53-25-16-12-17-26-53)54-27-18-13-19-28-54/h11-37,43-46,56-58H,38-42H2,1-10H3,(H,65,66,68,71)/t56-,57+,58+,80?,81?/m0/s1. The molecule has 1 N–H and O–H groups in total.